The monoisotopic (exact) mass is 475 g/mol. The number of pyridine rings is 1. The number of ether oxygens (including phenoxy) is 1. The topological polar surface area (TPSA) is 78.9 Å². The van der Waals surface area contributed by atoms with E-state index in [0.717, 1.165) is 45.0 Å². The maximum Gasteiger partial charge on any atom is 0.196 e. The van der Waals surface area contributed by atoms with Gasteiger partial charge in [0, 0.05) is 40.3 Å². The van der Waals surface area contributed by atoms with Crippen LogP contribution in [0, 0.1) is 0 Å². The van der Waals surface area contributed by atoms with Gasteiger partial charge in [-0.1, -0.05) is 40.7 Å². The van der Waals surface area contributed by atoms with Gasteiger partial charge < -0.3 is 9.26 Å². The lowest BCUT2D eigenvalue weighted by molar-refractivity contribution is 0.397. The molecule has 3 heterocycles. The largest absolute Gasteiger partial charge is 0.497 e. The fourth-order valence-electron chi connectivity index (χ4n) is 3.29. The number of methoxy groups -OCH3 is 1. The Hall–Kier alpha value is -3.62. The van der Waals surface area contributed by atoms with Gasteiger partial charge >= 0.3 is 0 Å². The van der Waals surface area contributed by atoms with Gasteiger partial charge in [0.1, 0.15) is 17.2 Å². The third kappa shape index (κ3) is 4.62. The summed E-state index contributed by atoms with van der Waals surface area (Å²) < 4.78 is 12.9. The average Bonchev–Trinajstić information content (AvgIpc) is 3.51. The second-order valence-electron chi connectivity index (χ2n) is 7.05. The van der Waals surface area contributed by atoms with Crippen molar-refractivity contribution < 1.29 is 9.26 Å². The Morgan fingerprint density at radius 2 is 1.70 bits per heavy atom. The Morgan fingerprint density at radius 1 is 0.939 bits per heavy atom. The van der Waals surface area contributed by atoms with Crippen molar-refractivity contribution >= 4 is 23.4 Å². The highest BCUT2D eigenvalue weighted by Gasteiger charge is 2.17. The quantitative estimate of drug-likeness (QED) is 0.269. The van der Waals surface area contributed by atoms with Crippen LogP contribution in [0.5, 0.6) is 5.75 Å². The third-order valence-electron chi connectivity index (χ3n) is 4.94. The first-order valence-corrected chi connectivity index (χ1v) is 11.4. The number of nitrogens with zero attached hydrogens (tertiary/aromatic N) is 5. The number of thioether (sulfide) groups is 1. The van der Waals surface area contributed by atoms with Gasteiger partial charge in [-0.25, -0.2) is 0 Å². The van der Waals surface area contributed by atoms with Crippen LogP contribution in [-0.2, 0) is 5.75 Å². The SMILES string of the molecule is COc1ccc(-n2c(SCc3cc(-c4ccc(Cl)cc4)no3)nnc2-c2ccncc2)cc1. The van der Waals surface area contributed by atoms with E-state index in [1.807, 2.05) is 71.3 Å². The Labute approximate surface area is 199 Å². The molecule has 0 unspecified atom stereocenters. The van der Waals surface area contributed by atoms with Crippen molar-refractivity contribution in [3.8, 4) is 34.1 Å². The molecule has 0 fully saturated rings. The second-order valence-corrected chi connectivity index (χ2v) is 8.43. The van der Waals surface area contributed by atoms with Crippen LogP contribution < -0.4 is 4.74 Å². The Morgan fingerprint density at radius 3 is 2.42 bits per heavy atom. The molecule has 0 amide bonds. The molecule has 3 aromatic heterocycles. The van der Waals surface area contributed by atoms with E-state index >= 15 is 0 Å². The first-order chi connectivity index (χ1) is 16.2. The Balaban J connectivity index is 1.43. The zero-order valence-corrected chi connectivity index (χ0v) is 19.1. The van der Waals surface area contributed by atoms with E-state index in [4.69, 9.17) is 20.9 Å². The van der Waals surface area contributed by atoms with Crippen molar-refractivity contribution in [2.75, 3.05) is 7.11 Å². The summed E-state index contributed by atoms with van der Waals surface area (Å²) in [7, 11) is 1.65. The fraction of sp³-hybridized carbons (Fsp3) is 0.0833. The lowest BCUT2D eigenvalue weighted by Gasteiger charge is -2.10. The molecule has 5 aromatic rings. The molecule has 33 heavy (non-hydrogen) atoms. The van der Waals surface area contributed by atoms with Gasteiger partial charge in [0.25, 0.3) is 0 Å². The van der Waals surface area contributed by atoms with Crippen molar-refractivity contribution in [3.05, 3.63) is 89.9 Å². The summed E-state index contributed by atoms with van der Waals surface area (Å²) in [5, 5.41) is 14.5. The van der Waals surface area contributed by atoms with E-state index in [-0.39, 0.29) is 0 Å². The van der Waals surface area contributed by atoms with Gasteiger partial charge in [-0.3, -0.25) is 9.55 Å². The summed E-state index contributed by atoms with van der Waals surface area (Å²) in [6, 6.07) is 21.0. The molecule has 5 rings (SSSR count). The molecule has 0 atom stereocenters. The molecule has 0 aliphatic heterocycles. The van der Waals surface area contributed by atoms with Crippen LogP contribution in [0.15, 0.2) is 88.8 Å². The van der Waals surface area contributed by atoms with Crippen molar-refractivity contribution in [1.82, 2.24) is 24.9 Å². The maximum atomic E-state index is 5.98. The average molecular weight is 476 g/mol. The number of hydrogen-bond acceptors (Lipinski definition) is 7. The molecule has 0 N–H and O–H groups in total. The Kier molecular flexibility index (Phi) is 6.10. The minimum absolute atomic E-state index is 0.547. The van der Waals surface area contributed by atoms with Crippen LogP contribution >= 0.6 is 23.4 Å². The van der Waals surface area contributed by atoms with E-state index in [2.05, 4.69) is 20.3 Å². The van der Waals surface area contributed by atoms with E-state index < -0.39 is 0 Å². The summed E-state index contributed by atoms with van der Waals surface area (Å²) in [5.74, 6) is 2.79. The molecule has 0 radical (unpaired) electrons. The van der Waals surface area contributed by atoms with E-state index in [9.17, 15) is 0 Å². The molecule has 164 valence electrons. The molecule has 7 nitrogen and oxygen atoms in total. The van der Waals surface area contributed by atoms with Crippen LogP contribution in [0.25, 0.3) is 28.3 Å². The fourth-order valence-corrected chi connectivity index (χ4v) is 4.24. The number of benzene rings is 2. The zero-order chi connectivity index (χ0) is 22.6. The molecule has 0 aliphatic carbocycles. The minimum atomic E-state index is 0.547. The van der Waals surface area contributed by atoms with Gasteiger partial charge in [0.15, 0.2) is 11.0 Å². The van der Waals surface area contributed by atoms with Crippen molar-refractivity contribution in [2.45, 2.75) is 10.9 Å². The predicted octanol–water partition coefficient (Wildman–Crippen LogP) is 5.94. The molecule has 0 bridgehead atoms. The van der Waals surface area contributed by atoms with Gasteiger partial charge in [0.2, 0.25) is 0 Å². The van der Waals surface area contributed by atoms with Crippen molar-refractivity contribution in [2.24, 2.45) is 0 Å². The molecule has 2 aromatic carbocycles. The molecule has 0 spiro atoms. The van der Waals surface area contributed by atoms with Gasteiger partial charge in [-0.2, -0.15) is 0 Å². The van der Waals surface area contributed by atoms with E-state index in [0.29, 0.717) is 10.8 Å². The number of halogens is 1. The van der Waals surface area contributed by atoms with Gasteiger partial charge in [-0.05, 0) is 48.5 Å². The molecule has 0 saturated carbocycles. The van der Waals surface area contributed by atoms with Crippen molar-refractivity contribution in [1.29, 1.82) is 0 Å². The molecule has 0 saturated heterocycles. The number of rotatable bonds is 7. The first kappa shape index (κ1) is 21.2. The highest BCUT2D eigenvalue weighted by molar-refractivity contribution is 7.98. The van der Waals surface area contributed by atoms with E-state index in [1.54, 1.807) is 19.5 Å². The van der Waals surface area contributed by atoms with Gasteiger partial charge in [0.05, 0.1) is 12.9 Å². The van der Waals surface area contributed by atoms with Crippen LogP contribution in [0.3, 0.4) is 0 Å². The van der Waals surface area contributed by atoms with E-state index in [1.165, 1.54) is 11.8 Å². The van der Waals surface area contributed by atoms with Gasteiger partial charge in [-0.15, -0.1) is 10.2 Å². The number of aromatic nitrogens is 5. The summed E-state index contributed by atoms with van der Waals surface area (Å²) in [6.07, 6.45) is 3.48. The van der Waals surface area contributed by atoms with Crippen LogP contribution in [0.2, 0.25) is 5.02 Å². The highest BCUT2D eigenvalue weighted by atomic mass is 35.5. The standard InChI is InChI=1S/C24H18ClN5O2S/c1-31-20-8-6-19(7-9-20)30-23(17-10-12-26-13-11-17)27-28-24(30)33-15-21-14-22(29-32-21)16-2-4-18(25)5-3-16/h2-14H,15H2,1H3. The summed E-state index contributed by atoms with van der Waals surface area (Å²) in [4.78, 5) is 4.10. The van der Waals surface area contributed by atoms with Crippen LogP contribution in [-0.4, -0.2) is 32.0 Å². The Bertz CT molecular complexity index is 1350. The van der Waals surface area contributed by atoms with Crippen molar-refractivity contribution in [3.63, 3.8) is 0 Å². The minimum Gasteiger partial charge on any atom is -0.497 e. The van der Waals surface area contributed by atoms with Crippen LogP contribution in [0.4, 0.5) is 0 Å². The summed E-state index contributed by atoms with van der Waals surface area (Å²) >= 11 is 7.50. The normalized spacial score (nSPS) is 11.0. The maximum absolute atomic E-state index is 5.98. The van der Waals surface area contributed by atoms with Crippen LogP contribution in [0.1, 0.15) is 5.76 Å². The lowest BCUT2D eigenvalue weighted by Crippen LogP contribution is -2.00. The first-order valence-electron chi connectivity index (χ1n) is 10.1. The molecule has 0 aliphatic rings. The predicted molar refractivity (Wildman–Crippen MR) is 128 cm³/mol. The smallest absolute Gasteiger partial charge is 0.196 e. The molecular formula is C24H18ClN5O2S. The molecular weight excluding hydrogens is 458 g/mol. The third-order valence-corrected chi connectivity index (χ3v) is 6.15. The highest BCUT2D eigenvalue weighted by Crippen LogP contribution is 2.31. The molecule has 9 heteroatoms. The second kappa shape index (κ2) is 9.48. The lowest BCUT2D eigenvalue weighted by atomic mass is 10.1. The zero-order valence-electron chi connectivity index (χ0n) is 17.6. The summed E-state index contributed by atoms with van der Waals surface area (Å²) in [5.41, 5.74) is 3.55. The summed E-state index contributed by atoms with van der Waals surface area (Å²) in [6.45, 7) is 0. The number of hydrogen-bond donors (Lipinski definition) is 0.